The molecular formula is C17H22N2O3. The van der Waals surface area contributed by atoms with Gasteiger partial charge in [0.15, 0.2) is 11.6 Å². The van der Waals surface area contributed by atoms with Crippen molar-refractivity contribution in [2.75, 3.05) is 6.54 Å². The van der Waals surface area contributed by atoms with Gasteiger partial charge in [-0.3, -0.25) is 4.79 Å². The first-order valence-electron chi connectivity index (χ1n) is 7.43. The van der Waals surface area contributed by atoms with Gasteiger partial charge in [0.25, 0.3) is 5.91 Å². The fourth-order valence-electron chi connectivity index (χ4n) is 2.58. The smallest absolute Gasteiger partial charge is 0.276 e. The average molecular weight is 302 g/mol. The first-order valence-corrected chi connectivity index (χ1v) is 7.43. The van der Waals surface area contributed by atoms with Gasteiger partial charge in [0.1, 0.15) is 5.76 Å². The summed E-state index contributed by atoms with van der Waals surface area (Å²) in [6.45, 7) is 7.63. The summed E-state index contributed by atoms with van der Waals surface area (Å²) < 4.78 is 5.33. The van der Waals surface area contributed by atoms with Gasteiger partial charge in [-0.05, 0) is 26.3 Å². The van der Waals surface area contributed by atoms with E-state index in [9.17, 15) is 9.90 Å². The maximum Gasteiger partial charge on any atom is 0.276 e. The quantitative estimate of drug-likeness (QED) is 0.922. The number of carbonyl (C=O) groups is 1. The predicted molar refractivity (Wildman–Crippen MR) is 83.6 cm³/mol. The molecule has 0 aliphatic heterocycles. The van der Waals surface area contributed by atoms with Gasteiger partial charge in [0.05, 0.1) is 12.1 Å². The molecule has 22 heavy (non-hydrogen) atoms. The minimum absolute atomic E-state index is 0.223. The van der Waals surface area contributed by atoms with Crippen LogP contribution in [0.1, 0.15) is 47.7 Å². The third kappa shape index (κ3) is 3.20. The molecule has 0 fully saturated rings. The highest BCUT2D eigenvalue weighted by atomic mass is 16.4. The van der Waals surface area contributed by atoms with Crippen LogP contribution in [-0.2, 0) is 0 Å². The first kappa shape index (κ1) is 16.2. The third-order valence-corrected chi connectivity index (χ3v) is 3.80. The van der Waals surface area contributed by atoms with Crippen LogP contribution in [0.2, 0.25) is 0 Å². The van der Waals surface area contributed by atoms with Gasteiger partial charge >= 0.3 is 0 Å². The Labute approximate surface area is 130 Å². The zero-order chi connectivity index (χ0) is 16.3. The molecule has 0 aliphatic rings. The van der Waals surface area contributed by atoms with E-state index in [1.165, 1.54) is 0 Å². The summed E-state index contributed by atoms with van der Waals surface area (Å²) in [5, 5.41) is 10.5. The van der Waals surface area contributed by atoms with Crippen LogP contribution in [0.3, 0.4) is 0 Å². The molecule has 0 aliphatic carbocycles. The summed E-state index contributed by atoms with van der Waals surface area (Å²) in [4.78, 5) is 18.4. The molecule has 1 N–H and O–H groups in total. The van der Waals surface area contributed by atoms with Gasteiger partial charge < -0.3 is 14.4 Å². The Morgan fingerprint density at radius 1 is 1.32 bits per heavy atom. The van der Waals surface area contributed by atoms with E-state index in [0.29, 0.717) is 23.9 Å². The van der Waals surface area contributed by atoms with E-state index in [0.717, 1.165) is 5.56 Å². The van der Waals surface area contributed by atoms with Crippen molar-refractivity contribution in [3.8, 4) is 0 Å². The normalized spacial score (nSPS) is 13.7. The van der Waals surface area contributed by atoms with Crippen LogP contribution in [0.5, 0.6) is 0 Å². The Balaban J connectivity index is 2.23. The minimum atomic E-state index is -0.751. The molecular weight excluding hydrogens is 280 g/mol. The summed E-state index contributed by atoms with van der Waals surface area (Å²) >= 11 is 0. The summed E-state index contributed by atoms with van der Waals surface area (Å²) in [6.07, 6.45) is -0.751. The van der Waals surface area contributed by atoms with Crippen LogP contribution < -0.4 is 0 Å². The van der Waals surface area contributed by atoms with Gasteiger partial charge in [0, 0.05) is 13.5 Å². The molecule has 2 rings (SSSR count). The molecule has 5 nitrogen and oxygen atoms in total. The van der Waals surface area contributed by atoms with Crippen molar-refractivity contribution < 1.29 is 14.3 Å². The number of rotatable bonds is 5. The largest absolute Gasteiger partial charge is 0.445 e. The van der Waals surface area contributed by atoms with Crippen LogP contribution in [0.25, 0.3) is 0 Å². The number of aliphatic hydroxyl groups excluding tert-OH is 1. The van der Waals surface area contributed by atoms with Crippen molar-refractivity contribution >= 4 is 5.91 Å². The lowest BCUT2D eigenvalue weighted by Gasteiger charge is -2.31. The Kier molecular flexibility index (Phi) is 4.98. The topological polar surface area (TPSA) is 66.6 Å². The molecule has 0 radical (unpaired) electrons. The number of amides is 1. The van der Waals surface area contributed by atoms with E-state index >= 15 is 0 Å². The van der Waals surface area contributed by atoms with E-state index in [1.54, 1.807) is 18.7 Å². The maximum atomic E-state index is 12.7. The Hall–Kier alpha value is -2.14. The maximum absolute atomic E-state index is 12.7. The molecule has 0 saturated carbocycles. The fourth-order valence-corrected chi connectivity index (χ4v) is 2.58. The van der Waals surface area contributed by atoms with E-state index < -0.39 is 6.10 Å². The lowest BCUT2D eigenvalue weighted by Crippen LogP contribution is -2.42. The van der Waals surface area contributed by atoms with E-state index in [-0.39, 0.29) is 11.9 Å². The Morgan fingerprint density at radius 2 is 1.95 bits per heavy atom. The highest BCUT2D eigenvalue weighted by Crippen LogP contribution is 2.23. The average Bonchev–Trinajstić information content (AvgIpc) is 2.86. The van der Waals surface area contributed by atoms with Crippen LogP contribution in [0.4, 0.5) is 0 Å². The molecule has 1 aromatic carbocycles. The number of aliphatic hydroxyl groups is 1. The minimum Gasteiger partial charge on any atom is -0.445 e. The predicted octanol–water partition coefficient (Wildman–Crippen LogP) is 2.88. The van der Waals surface area contributed by atoms with Gasteiger partial charge in [-0.15, -0.1) is 0 Å². The van der Waals surface area contributed by atoms with Gasteiger partial charge in [-0.25, -0.2) is 4.98 Å². The SMILES string of the molecule is CCN(C(=O)c1nc(C)oc1C)C(C)C(O)c1ccccc1. The van der Waals surface area contributed by atoms with Crippen LogP contribution in [0, 0.1) is 13.8 Å². The number of carbonyl (C=O) groups excluding carboxylic acids is 1. The van der Waals surface area contributed by atoms with Crippen LogP contribution in [0.15, 0.2) is 34.7 Å². The van der Waals surface area contributed by atoms with Crippen LogP contribution in [-0.4, -0.2) is 33.5 Å². The zero-order valence-electron chi connectivity index (χ0n) is 13.4. The molecule has 1 amide bonds. The molecule has 0 spiro atoms. The van der Waals surface area contributed by atoms with Crippen molar-refractivity contribution in [1.29, 1.82) is 0 Å². The number of aromatic nitrogens is 1. The number of hydrogen-bond donors (Lipinski definition) is 1. The molecule has 1 heterocycles. The number of oxazole rings is 1. The Morgan fingerprint density at radius 3 is 2.45 bits per heavy atom. The monoisotopic (exact) mass is 302 g/mol. The number of hydrogen-bond acceptors (Lipinski definition) is 4. The summed E-state index contributed by atoms with van der Waals surface area (Å²) in [5.41, 5.74) is 1.10. The molecule has 2 unspecified atom stereocenters. The lowest BCUT2D eigenvalue weighted by molar-refractivity contribution is 0.0414. The third-order valence-electron chi connectivity index (χ3n) is 3.80. The molecule has 118 valence electrons. The molecule has 0 saturated heterocycles. The molecule has 2 atom stereocenters. The second-order valence-corrected chi connectivity index (χ2v) is 5.32. The summed E-state index contributed by atoms with van der Waals surface area (Å²) in [6, 6.07) is 8.97. The molecule has 5 heteroatoms. The van der Waals surface area contributed by atoms with Gasteiger partial charge in [-0.1, -0.05) is 30.3 Å². The van der Waals surface area contributed by atoms with Gasteiger partial charge in [0.2, 0.25) is 0 Å². The number of benzene rings is 1. The number of likely N-dealkylation sites (N-methyl/N-ethyl adjacent to an activating group) is 1. The van der Waals surface area contributed by atoms with Crippen molar-refractivity contribution in [3.05, 3.63) is 53.2 Å². The van der Waals surface area contributed by atoms with Crippen molar-refractivity contribution in [3.63, 3.8) is 0 Å². The second-order valence-electron chi connectivity index (χ2n) is 5.32. The Bertz CT molecular complexity index is 637. The standard InChI is InChI=1S/C17H22N2O3/c1-5-19(17(21)15-12(3)22-13(4)18-15)11(2)16(20)14-9-7-6-8-10-14/h6-11,16,20H,5H2,1-4H3. The molecule has 0 bridgehead atoms. The van der Waals surface area contributed by atoms with Crippen LogP contribution >= 0.6 is 0 Å². The van der Waals surface area contributed by atoms with Crippen molar-refractivity contribution in [2.45, 2.75) is 39.8 Å². The lowest BCUT2D eigenvalue weighted by atomic mass is 10.0. The second kappa shape index (κ2) is 6.75. The molecule has 2 aromatic rings. The van der Waals surface area contributed by atoms with E-state index in [4.69, 9.17) is 4.42 Å². The summed E-state index contributed by atoms with van der Waals surface area (Å²) in [7, 11) is 0. The van der Waals surface area contributed by atoms with Crippen molar-refractivity contribution in [2.24, 2.45) is 0 Å². The summed E-state index contributed by atoms with van der Waals surface area (Å²) in [5.74, 6) is 0.745. The fraction of sp³-hybridized carbons (Fsp3) is 0.412. The van der Waals surface area contributed by atoms with Gasteiger partial charge in [-0.2, -0.15) is 0 Å². The number of aryl methyl sites for hydroxylation is 2. The first-order chi connectivity index (χ1) is 10.5. The molecule has 1 aromatic heterocycles. The van der Waals surface area contributed by atoms with Crippen molar-refractivity contribution in [1.82, 2.24) is 9.88 Å². The van der Waals surface area contributed by atoms with E-state index in [2.05, 4.69) is 4.98 Å². The highest BCUT2D eigenvalue weighted by molar-refractivity contribution is 5.93. The zero-order valence-corrected chi connectivity index (χ0v) is 13.4. The highest BCUT2D eigenvalue weighted by Gasteiger charge is 2.29. The van der Waals surface area contributed by atoms with E-state index in [1.807, 2.05) is 44.2 Å². The number of nitrogens with zero attached hydrogens (tertiary/aromatic N) is 2.